The van der Waals surface area contributed by atoms with E-state index in [9.17, 15) is 0 Å². The largest absolute Gasteiger partial charge is 0.317 e. The highest BCUT2D eigenvalue weighted by molar-refractivity contribution is 7.09. The van der Waals surface area contributed by atoms with Crippen molar-refractivity contribution < 1.29 is 0 Å². The van der Waals surface area contributed by atoms with E-state index in [1.54, 1.807) is 11.3 Å². The van der Waals surface area contributed by atoms with Crippen LogP contribution in [-0.2, 0) is 6.42 Å². The van der Waals surface area contributed by atoms with E-state index in [-0.39, 0.29) is 0 Å². The second-order valence-corrected chi connectivity index (χ2v) is 5.63. The monoisotopic (exact) mass is 224 g/mol. The molecule has 0 aromatic carbocycles. The third-order valence-electron chi connectivity index (χ3n) is 3.15. The normalized spacial score (nSPS) is 18.0. The molecule has 0 saturated heterocycles. The Morgan fingerprint density at radius 1 is 1.60 bits per heavy atom. The maximum Gasteiger partial charge on any atom is 0.0897 e. The molecule has 1 aliphatic carbocycles. The van der Waals surface area contributed by atoms with Gasteiger partial charge in [0.25, 0.3) is 0 Å². The Balaban J connectivity index is 1.78. The number of nitrogens with one attached hydrogen (secondary N) is 1. The van der Waals surface area contributed by atoms with Gasteiger partial charge in [0.1, 0.15) is 0 Å². The molecule has 2 rings (SSSR count). The number of hydrogen-bond acceptors (Lipinski definition) is 3. The van der Waals surface area contributed by atoms with Gasteiger partial charge in [-0.2, -0.15) is 0 Å². The van der Waals surface area contributed by atoms with Crippen LogP contribution < -0.4 is 5.32 Å². The van der Waals surface area contributed by atoms with E-state index in [0.717, 1.165) is 12.3 Å². The summed E-state index contributed by atoms with van der Waals surface area (Å²) in [6.45, 7) is 2.08. The zero-order valence-corrected chi connectivity index (χ0v) is 10.4. The summed E-state index contributed by atoms with van der Waals surface area (Å²) in [5.41, 5.74) is 1.26. The van der Waals surface area contributed by atoms with Crippen LogP contribution in [0.4, 0.5) is 0 Å². The maximum atomic E-state index is 4.52. The molecule has 0 amide bonds. The highest BCUT2D eigenvalue weighted by Crippen LogP contribution is 2.34. The van der Waals surface area contributed by atoms with Crippen LogP contribution in [0.1, 0.15) is 36.4 Å². The Morgan fingerprint density at radius 2 is 2.40 bits per heavy atom. The van der Waals surface area contributed by atoms with Crippen LogP contribution in [0, 0.1) is 12.8 Å². The van der Waals surface area contributed by atoms with Gasteiger partial charge >= 0.3 is 0 Å². The van der Waals surface area contributed by atoms with Crippen molar-refractivity contribution >= 4 is 11.3 Å². The van der Waals surface area contributed by atoms with Gasteiger partial charge < -0.3 is 5.32 Å². The van der Waals surface area contributed by atoms with Gasteiger partial charge in [-0.25, -0.2) is 4.98 Å². The molecular weight excluding hydrogens is 204 g/mol. The van der Waals surface area contributed by atoms with Crippen LogP contribution in [0.15, 0.2) is 5.38 Å². The molecule has 1 unspecified atom stereocenters. The standard InChI is InChI=1S/C12H20N2S/c1-9-14-12(8-15-9)7-11(13-2)6-5-10-3-4-10/h8,10-11,13H,3-7H2,1-2H3. The minimum absolute atomic E-state index is 0.618. The fraction of sp³-hybridized carbons (Fsp3) is 0.750. The quantitative estimate of drug-likeness (QED) is 0.803. The van der Waals surface area contributed by atoms with E-state index in [4.69, 9.17) is 0 Å². The number of aromatic nitrogens is 1. The van der Waals surface area contributed by atoms with Crippen LogP contribution in [-0.4, -0.2) is 18.1 Å². The highest BCUT2D eigenvalue weighted by atomic mass is 32.1. The summed E-state index contributed by atoms with van der Waals surface area (Å²) in [5.74, 6) is 1.04. The van der Waals surface area contributed by atoms with Crippen molar-refractivity contribution in [2.75, 3.05) is 7.05 Å². The van der Waals surface area contributed by atoms with Crippen molar-refractivity contribution in [1.29, 1.82) is 0 Å². The molecule has 1 heterocycles. The van der Waals surface area contributed by atoms with Crippen LogP contribution in [0.2, 0.25) is 0 Å². The number of rotatable bonds is 6. The summed E-state index contributed by atoms with van der Waals surface area (Å²) in [4.78, 5) is 4.52. The number of hydrogen-bond donors (Lipinski definition) is 1. The Labute approximate surface area is 96.1 Å². The topological polar surface area (TPSA) is 24.9 Å². The molecule has 1 aromatic heterocycles. The molecule has 0 bridgehead atoms. The van der Waals surface area contributed by atoms with Gasteiger partial charge in [0, 0.05) is 17.8 Å². The zero-order chi connectivity index (χ0) is 10.7. The molecule has 1 saturated carbocycles. The maximum absolute atomic E-state index is 4.52. The molecule has 1 aromatic rings. The van der Waals surface area contributed by atoms with Gasteiger partial charge in [-0.15, -0.1) is 11.3 Å². The first kappa shape index (κ1) is 11.1. The van der Waals surface area contributed by atoms with E-state index in [1.807, 2.05) is 0 Å². The Morgan fingerprint density at radius 3 is 2.93 bits per heavy atom. The first-order chi connectivity index (χ1) is 7.28. The Hall–Kier alpha value is -0.410. The lowest BCUT2D eigenvalue weighted by Gasteiger charge is -2.14. The van der Waals surface area contributed by atoms with Crippen LogP contribution in [0.5, 0.6) is 0 Å². The molecular formula is C12H20N2S. The van der Waals surface area contributed by atoms with Gasteiger partial charge in [-0.1, -0.05) is 12.8 Å². The van der Waals surface area contributed by atoms with E-state index >= 15 is 0 Å². The second-order valence-electron chi connectivity index (χ2n) is 4.57. The average molecular weight is 224 g/mol. The van der Waals surface area contributed by atoms with Crippen LogP contribution in [0.25, 0.3) is 0 Å². The first-order valence-corrected chi connectivity index (χ1v) is 6.74. The van der Waals surface area contributed by atoms with Crippen molar-refractivity contribution in [3.63, 3.8) is 0 Å². The lowest BCUT2D eigenvalue weighted by atomic mass is 10.0. The number of nitrogens with zero attached hydrogens (tertiary/aromatic N) is 1. The summed E-state index contributed by atoms with van der Waals surface area (Å²) in [6, 6.07) is 0.618. The molecule has 2 nitrogen and oxygen atoms in total. The van der Waals surface area contributed by atoms with Crippen molar-refractivity contribution in [2.45, 2.75) is 45.1 Å². The van der Waals surface area contributed by atoms with Crippen LogP contribution >= 0.6 is 11.3 Å². The fourth-order valence-corrected chi connectivity index (χ4v) is 2.57. The summed E-state index contributed by atoms with van der Waals surface area (Å²) >= 11 is 1.75. The molecule has 1 fully saturated rings. The summed E-state index contributed by atoms with van der Waals surface area (Å²) in [6.07, 6.45) is 6.72. The molecule has 1 atom stereocenters. The van der Waals surface area contributed by atoms with Crippen molar-refractivity contribution in [1.82, 2.24) is 10.3 Å². The molecule has 0 aliphatic heterocycles. The van der Waals surface area contributed by atoms with E-state index in [0.29, 0.717) is 6.04 Å². The minimum Gasteiger partial charge on any atom is -0.317 e. The Bertz CT molecular complexity index is 304. The van der Waals surface area contributed by atoms with E-state index in [1.165, 1.54) is 36.4 Å². The molecule has 3 heteroatoms. The molecule has 15 heavy (non-hydrogen) atoms. The number of aryl methyl sites for hydroxylation is 1. The lowest BCUT2D eigenvalue weighted by molar-refractivity contribution is 0.482. The third kappa shape index (κ3) is 3.58. The molecule has 84 valence electrons. The van der Waals surface area contributed by atoms with Gasteiger partial charge in [-0.05, 0) is 32.7 Å². The minimum atomic E-state index is 0.618. The van der Waals surface area contributed by atoms with Crippen molar-refractivity contribution in [3.8, 4) is 0 Å². The predicted octanol–water partition coefficient (Wildman–Crippen LogP) is 2.77. The predicted molar refractivity (Wildman–Crippen MR) is 65.4 cm³/mol. The average Bonchev–Trinajstić information content (AvgIpc) is 2.97. The molecule has 1 N–H and O–H groups in total. The second kappa shape index (κ2) is 5.08. The van der Waals surface area contributed by atoms with Crippen molar-refractivity contribution in [2.24, 2.45) is 5.92 Å². The summed E-state index contributed by atoms with van der Waals surface area (Å²) in [5, 5.41) is 6.78. The lowest BCUT2D eigenvalue weighted by Crippen LogP contribution is -2.27. The van der Waals surface area contributed by atoms with Gasteiger partial charge in [0.15, 0.2) is 0 Å². The summed E-state index contributed by atoms with van der Waals surface area (Å²) < 4.78 is 0. The van der Waals surface area contributed by atoms with E-state index in [2.05, 4.69) is 29.7 Å². The highest BCUT2D eigenvalue weighted by Gasteiger charge is 2.22. The first-order valence-electron chi connectivity index (χ1n) is 5.86. The fourth-order valence-electron chi connectivity index (χ4n) is 1.95. The SMILES string of the molecule is CNC(CCC1CC1)Cc1csc(C)n1. The van der Waals surface area contributed by atoms with Gasteiger partial charge in [-0.3, -0.25) is 0 Å². The molecule has 0 spiro atoms. The van der Waals surface area contributed by atoms with Gasteiger partial charge in [0.2, 0.25) is 0 Å². The van der Waals surface area contributed by atoms with Gasteiger partial charge in [0.05, 0.1) is 10.7 Å². The summed E-state index contributed by atoms with van der Waals surface area (Å²) in [7, 11) is 2.07. The third-order valence-corrected chi connectivity index (χ3v) is 3.97. The number of likely N-dealkylation sites (N-methyl/N-ethyl adjacent to an activating group) is 1. The molecule has 1 aliphatic rings. The smallest absolute Gasteiger partial charge is 0.0897 e. The van der Waals surface area contributed by atoms with Crippen LogP contribution in [0.3, 0.4) is 0 Å². The van der Waals surface area contributed by atoms with E-state index < -0.39 is 0 Å². The van der Waals surface area contributed by atoms with Crippen molar-refractivity contribution in [3.05, 3.63) is 16.1 Å². The Kier molecular flexibility index (Phi) is 3.76. The zero-order valence-electron chi connectivity index (χ0n) is 9.62. The molecule has 0 radical (unpaired) electrons. The number of thiazole rings is 1.